The van der Waals surface area contributed by atoms with Crippen LogP contribution in [0.4, 0.5) is 0 Å². The van der Waals surface area contributed by atoms with Crippen LogP contribution in [0.5, 0.6) is 0 Å². The zero-order valence-corrected chi connectivity index (χ0v) is 13.5. The van der Waals surface area contributed by atoms with E-state index in [0.717, 1.165) is 0 Å². The van der Waals surface area contributed by atoms with Crippen molar-refractivity contribution in [3.05, 3.63) is 0 Å². The molecule has 2 aliphatic rings. The van der Waals surface area contributed by atoms with Crippen LogP contribution in [0, 0.1) is 0 Å². The molecular weight excluding hydrogens is 330 g/mol. The van der Waals surface area contributed by atoms with Crippen molar-refractivity contribution in [2.45, 2.75) is 24.5 Å². The minimum absolute atomic E-state index is 0.206. The summed E-state index contributed by atoms with van der Waals surface area (Å²) in [5.41, 5.74) is 0. The number of fused-ring (bicyclic) bond motifs is 1. The van der Waals surface area contributed by atoms with Crippen molar-refractivity contribution in [2.75, 3.05) is 38.6 Å². The van der Waals surface area contributed by atoms with Gasteiger partial charge in [-0.15, -0.1) is 23.2 Å². The van der Waals surface area contributed by atoms with E-state index in [2.05, 4.69) is 5.09 Å². The Morgan fingerprint density at radius 1 is 1.40 bits per heavy atom. The fraction of sp³-hybridized carbons (Fsp3) is 1.00. The Morgan fingerprint density at radius 2 is 2.05 bits per heavy atom. The summed E-state index contributed by atoms with van der Waals surface area (Å²) in [6.07, 6.45) is -1.71. The molecule has 7 nitrogen and oxygen atoms in total. The number of aliphatic hydroxyl groups excluding tert-OH is 1. The van der Waals surface area contributed by atoms with Crippen molar-refractivity contribution in [1.82, 2.24) is 9.76 Å². The van der Waals surface area contributed by atoms with Crippen LogP contribution in [0.3, 0.4) is 0 Å². The van der Waals surface area contributed by atoms with Crippen molar-refractivity contribution in [3.8, 4) is 0 Å². The Morgan fingerprint density at radius 3 is 2.55 bits per heavy atom. The Bertz CT molecular complexity index is 350. The number of halogens is 2. The summed E-state index contributed by atoms with van der Waals surface area (Å²) < 4.78 is 30.8. The summed E-state index contributed by atoms with van der Waals surface area (Å²) in [4.78, 5) is 0. The molecule has 20 heavy (non-hydrogen) atoms. The standard InChI is InChI=1S/C10H19Cl2N2O5P/c1-17-10-9-8(7(6-15)18-10)13-20(16,19-9)14(4-2-11)5-3-12/h7-10,15H,2-6H2,1H3,(H,13,16)/t7-,8+,9-,10-,20+/m1/s1. The van der Waals surface area contributed by atoms with E-state index in [1.54, 1.807) is 4.67 Å². The van der Waals surface area contributed by atoms with Crippen LogP contribution in [-0.4, -0.2) is 72.9 Å². The minimum Gasteiger partial charge on any atom is -0.394 e. The van der Waals surface area contributed by atoms with Gasteiger partial charge < -0.3 is 14.6 Å². The lowest BCUT2D eigenvalue weighted by Crippen LogP contribution is -2.39. The number of hydrogen-bond donors (Lipinski definition) is 2. The van der Waals surface area contributed by atoms with Gasteiger partial charge in [-0.05, 0) is 0 Å². The van der Waals surface area contributed by atoms with E-state index < -0.39 is 26.2 Å². The molecule has 0 aromatic heterocycles. The predicted octanol–water partition coefficient (Wildman–Crippen LogP) is 0.595. The van der Waals surface area contributed by atoms with Crippen molar-refractivity contribution >= 4 is 30.9 Å². The van der Waals surface area contributed by atoms with Crippen LogP contribution < -0.4 is 5.09 Å². The Balaban J connectivity index is 2.14. The molecule has 0 spiro atoms. The van der Waals surface area contributed by atoms with Crippen LogP contribution in [0.25, 0.3) is 0 Å². The van der Waals surface area contributed by atoms with Crippen LogP contribution >= 0.6 is 30.9 Å². The molecule has 0 bridgehead atoms. The second kappa shape index (κ2) is 7.22. The number of nitrogens with zero attached hydrogens (tertiary/aromatic N) is 1. The first kappa shape index (κ1) is 16.9. The molecule has 0 aromatic rings. The van der Waals surface area contributed by atoms with Gasteiger partial charge in [-0.1, -0.05) is 0 Å². The molecule has 0 aromatic carbocycles. The number of nitrogens with one attached hydrogen (secondary N) is 1. The van der Waals surface area contributed by atoms with Gasteiger partial charge in [0.25, 0.3) is 0 Å². The molecule has 0 radical (unpaired) electrons. The van der Waals surface area contributed by atoms with Gasteiger partial charge in [-0.2, -0.15) is 0 Å². The van der Waals surface area contributed by atoms with Crippen LogP contribution in [-0.2, 0) is 18.6 Å². The van der Waals surface area contributed by atoms with E-state index in [1.807, 2.05) is 0 Å². The van der Waals surface area contributed by atoms with E-state index in [9.17, 15) is 9.67 Å². The minimum atomic E-state index is -3.25. The van der Waals surface area contributed by atoms with E-state index in [1.165, 1.54) is 7.11 Å². The second-order valence-electron chi connectivity index (χ2n) is 4.54. The van der Waals surface area contributed by atoms with Gasteiger partial charge in [0, 0.05) is 32.0 Å². The highest BCUT2D eigenvalue weighted by molar-refractivity contribution is 7.54. The number of rotatable bonds is 7. The monoisotopic (exact) mass is 348 g/mol. The van der Waals surface area contributed by atoms with Crippen LogP contribution in [0.2, 0.25) is 0 Å². The fourth-order valence-electron chi connectivity index (χ4n) is 2.44. The highest BCUT2D eigenvalue weighted by Crippen LogP contribution is 2.56. The highest BCUT2D eigenvalue weighted by Gasteiger charge is 2.57. The van der Waals surface area contributed by atoms with E-state index in [4.69, 9.17) is 37.2 Å². The number of alkyl halides is 2. The predicted molar refractivity (Wildman–Crippen MR) is 75.2 cm³/mol. The Labute approximate surface area is 128 Å². The maximum atomic E-state index is 12.9. The van der Waals surface area contributed by atoms with Gasteiger partial charge in [0.05, 0.1) is 12.6 Å². The molecule has 10 heteroatoms. The first-order valence-corrected chi connectivity index (χ1v) is 8.97. The van der Waals surface area contributed by atoms with E-state index in [-0.39, 0.29) is 12.6 Å². The number of hydrogen-bond acceptors (Lipinski definition) is 5. The lowest BCUT2D eigenvalue weighted by molar-refractivity contribution is -0.149. The molecule has 2 aliphatic heterocycles. The fourth-order valence-corrected chi connectivity index (χ4v) is 5.41. The third-order valence-corrected chi connectivity index (χ3v) is 6.01. The maximum absolute atomic E-state index is 12.9. The summed E-state index contributed by atoms with van der Waals surface area (Å²) >= 11 is 11.5. The average molecular weight is 349 g/mol. The summed E-state index contributed by atoms with van der Waals surface area (Å²) in [7, 11) is -1.77. The van der Waals surface area contributed by atoms with Gasteiger partial charge >= 0.3 is 7.67 Å². The van der Waals surface area contributed by atoms with Gasteiger partial charge in [-0.25, -0.2) is 9.76 Å². The molecule has 5 atom stereocenters. The number of aliphatic hydroxyl groups is 1. The first-order chi connectivity index (χ1) is 9.59. The normalized spacial score (nSPS) is 40.5. The second-order valence-corrected chi connectivity index (χ2v) is 7.37. The van der Waals surface area contributed by atoms with Crippen molar-refractivity contribution in [2.24, 2.45) is 0 Å². The molecule has 0 saturated carbocycles. The topological polar surface area (TPSA) is 80.3 Å². The molecule has 0 amide bonds. The quantitative estimate of drug-likeness (QED) is 0.515. The molecule has 2 N–H and O–H groups in total. The number of ether oxygens (including phenoxy) is 2. The molecule has 2 heterocycles. The third-order valence-electron chi connectivity index (χ3n) is 3.38. The summed E-state index contributed by atoms with van der Waals surface area (Å²) in [5, 5.41) is 12.3. The van der Waals surface area contributed by atoms with Crippen LogP contribution in [0.15, 0.2) is 0 Å². The van der Waals surface area contributed by atoms with Crippen molar-refractivity contribution in [3.63, 3.8) is 0 Å². The van der Waals surface area contributed by atoms with Crippen LogP contribution in [0.1, 0.15) is 0 Å². The smallest absolute Gasteiger partial charge is 0.344 e. The first-order valence-electron chi connectivity index (χ1n) is 6.32. The zero-order valence-electron chi connectivity index (χ0n) is 11.1. The molecular formula is C10H19Cl2N2O5P. The lowest BCUT2D eigenvalue weighted by atomic mass is 10.1. The highest BCUT2D eigenvalue weighted by atomic mass is 35.5. The van der Waals surface area contributed by atoms with Gasteiger partial charge in [0.15, 0.2) is 6.29 Å². The number of methoxy groups -OCH3 is 1. The third kappa shape index (κ3) is 3.16. The van der Waals surface area contributed by atoms with Gasteiger partial charge in [-0.3, -0.25) is 9.09 Å². The summed E-state index contributed by atoms with van der Waals surface area (Å²) in [5.74, 6) is 0.629. The molecule has 2 rings (SSSR count). The van der Waals surface area contributed by atoms with E-state index >= 15 is 0 Å². The summed E-state index contributed by atoms with van der Waals surface area (Å²) in [6.45, 7) is 0.572. The zero-order chi connectivity index (χ0) is 14.8. The summed E-state index contributed by atoms with van der Waals surface area (Å²) in [6, 6.07) is -0.385. The lowest BCUT2D eigenvalue weighted by Gasteiger charge is -2.28. The van der Waals surface area contributed by atoms with Crippen molar-refractivity contribution in [1.29, 1.82) is 0 Å². The average Bonchev–Trinajstić information content (AvgIpc) is 2.93. The Hall–Kier alpha value is 0.570. The maximum Gasteiger partial charge on any atom is 0.344 e. The molecule has 2 saturated heterocycles. The van der Waals surface area contributed by atoms with E-state index in [0.29, 0.717) is 24.8 Å². The Kier molecular flexibility index (Phi) is 6.11. The van der Waals surface area contributed by atoms with Gasteiger partial charge in [0.2, 0.25) is 0 Å². The molecule has 0 unspecified atom stereocenters. The van der Waals surface area contributed by atoms with Crippen molar-refractivity contribution < 1.29 is 23.7 Å². The largest absolute Gasteiger partial charge is 0.394 e. The van der Waals surface area contributed by atoms with Gasteiger partial charge in [0.1, 0.15) is 12.2 Å². The molecule has 2 fully saturated rings. The molecule has 118 valence electrons. The molecule has 0 aliphatic carbocycles. The SMILES string of the molecule is CO[C@@H]1O[C@H](CO)[C@@H]2N[P@@](=O)(N(CCCl)CCCl)O[C@@H]12.